The van der Waals surface area contributed by atoms with Gasteiger partial charge in [0.2, 0.25) is 0 Å². The van der Waals surface area contributed by atoms with Gasteiger partial charge in [0.05, 0.1) is 0 Å². The number of benzene rings is 10. The van der Waals surface area contributed by atoms with E-state index in [4.69, 9.17) is 23.8 Å². The van der Waals surface area contributed by atoms with E-state index in [1.165, 1.54) is 0 Å². The molecule has 5 nitrogen and oxygen atoms in total. The van der Waals surface area contributed by atoms with Crippen LogP contribution in [0.5, 0.6) is 0 Å². The molecule has 308 valence electrons. The fourth-order valence-corrected chi connectivity index (χ4v) is 9.41. The first kappa shape index (κ1) is 37.6. The van der Waals surface area contributed by atoms with Crippen LogP contribution in [0.1, 0.15) is 0 Å². The molecule has 0 unspecified atom stereocenters. The standard InChI is InChI=1S/C61H37N3O2/c1-4-14-38(15-5-1)46-32-47(34-48(33-46)45-28-29-51-50-22-12-13-23-54(50)65-55(51)37-45)39-24-26-42(27-25-39)60-62-59(41-18-8-3-9-19-41)63-61(64-60)52-31-30-49(40-16-6-2-7-17-40)58-57(52)53-35-43-20-10-11-21-44(43)36-56(53)66-58/h1-37H. The number of fused-ring (bicyclic) bond motifs is 7. The highest BCUT2D eigenvalue weighted by Crippen LogP contribution is 2.43. The molecule has 0 atom stereocenters. The zero-order chi connectivity index (χ0) is 43.6. The maximum absolute atomic E-state index is 6.82. The van der Waals surface area contributed by atoms with Gasteiger partial charge in [0.25, 0.3) is 0 Å². The van der Waals surface area contributed by atoms with Gasteiger partial charge in [0, 0.05) is 43.8 Å². The first-order valence-corrected chi connectivity index (χ1v) is 22.2. The quantitative estimate of drug-likeness (QED) is 0.160. The molecule has 13 rings (SSSR count). The minimum atomic E-state index is 0.574. The molecule has 3 heterocycles. The third kappa shape index (κ3) is 6.53. The monoisotopic (exact) mass is 843 g/mol. The van der Waals surface area contributed by atoms with Crippen LogP contribution < -0.4 is 0 Å². The lowest BCUT2D eigenvalue weighted by molar-refractivity contribution is 0.669. The van der Waals surface area contributed by atoms with Crippen molar-refractivity contribution in [2.75, 3.05) is 0 Å². The molecule has 0 aliphatic rings. The number of furan rings is 2. The lowest BCUT2D eigenvalue weighted by Gasteiger charge is -2.13. The summed E-state index contributed by atoms with van der Waals surface area (Å²) in [6, 6.07) is 78.2. The van der Waals surface area contributed by atoms with Crippen molar-refractivity contribution < 1.29 is 8.83 Å². The molecule has 10 aromatic carbocycles. The molecule has 66 heavy (non-hydrogen) atoms. The van der Waals surface area contributed by atoms with Gasteiger partial charge in [-0.25, -0.2) is 15.0 Å². The van der Waals surface area contributed by atoms with Crippen LogP contribution in [0.3, 0.4) is 0 Å². The first-order chi connectivity index (χ1) is 32.7. The van der Waals surface area contributed by atoms with Gasteiger partial charge < -0.3 is 8.83 Å². The van der Waals surface area contributed by atoms with Crippen LogP contribution in [0.2, 0.25) is 0 Å². The van der Waals surface area contributed by atoms with Crippen LogP contribution in [-0.2, 0) is 0 Å². The van der Waals surface area contributed by atoms with Crippen LogP contribution in [0.15, 0.2) is 233 Å². The van der Waals surface area contributed by atoms with Crippen molar-refractivity contribution in [2.45, 2.75) is 0 Å². The Hall–Kier alpha value is -8.93. The Morgan fingerprint density at radius 1 is 0.258 bits per heavy atom. The minimum absolute atomic E-state index is 0.574. The second kappa shape index (κ2) is 15.4. The van der Waals surface area contributed by atoms with Crippen molar-refractivity contribution in [1.29, 1.82) is 0 Å². The highest BCUT2D eigenvalue weighted by Gasteiger charge is 2.22. The molecular formula is C61H37N3O2. The van der Waals surface area contributed by atoms with E-state index >= 15 is 0 Å². The van der Waals surface area contributed by atoms with E-state index < -0.39 is 0 Å². The van der Waals surface area contributed by atoms with E-state index in [9.17, 15) is 0 Å². The molecule has 0 spiro atoms. The molecule has 0 saturated carbocycles. The molecule has 13 aromatic rings. The summed E-state index contributed by atoms with van der Waals surface area (Å²) in [5, 5.41) is 6.48. The smallest absolute Gasteiger partial charge is 0.164 e. The van der Waals surface area contributed by atoms with Gasteiger partial charge in [0.1, 0.15) is 22.3 Å². The van der Waals surface area contributed by atoms with Crippen LogP contribution in [0, 0.1) is 0 Å². The maximum atomic E-state index is 6.82. The van der Waals surface area contributed by atoms with Gasteiger partial charge >= 0.3 is 0 Å². The molecule has 0 radical (unpaired) electrons. The fourth-order valence-electron chi connectivity index (χ4n) is 9.41. The number of para-hydroxylation sites is 1. The Labute approximate surface area is 379 Å². The van der Waals surface area contributed by atoms with Crippen LogP contribution >= 0.6 is 0 Å². The third-order valence-corrected chi connectivity index (χ3v) is 12.7. The van der Waals surface area contributed by atoms with E-state index in [2.05, 4.69) is 176 Å². The normalized spacial score (nSPS) is 11.6. The van der Waals surface area contributed by atoms with Crippen LogP contribution in [-0.4, -0.2) is 15.0 Å². The number of aromatic nitrogens is 3. The van der Waals surface area contributed by atoms with Crippen molar-refractivity contribution in [3.05, 3.63) is 224 Å². The Morgan fingerprint density at radius 3 is 1.45 bits per heavy atom. The van der Waals surface area contributed by atoms with E-state index in [0.29, 0.717) is 17.5 Å². The van der Waals surface area contributed by atoms with Crippen molar-refractivity contribution in [3.63, 3.8) is 0 Å². The molecule has 0 bridgehead atoms. The van der Waals surface area contributed by atoms with Crippen molar-refractivity contribution in [3.8, 4) is 78.7 Å². The average molecular weight is 844 g/mol. The number of hydrogen-bond donors (Lipinski definition) is 0. The van der Waals surface area contributed by atoms with Gasteiger partial charge in [-0.05, 0) is 110 Å². The number of nitrogens with zero attached hydrogens (tertiary/aromatic N) is 3. The second-order valence-electron chi connectivity index (χ2n) is 16.8. The van der Waals surface area contributed by atoms with E-state index in [-0.39, 0.29) is 0 Å². The van der Waals surface area contributed by atoms with Gasteiger partial charge in [0.15, 0.2) is 17.5 Å². The topological polar surface area (TPSA) is 65.0 Å². The third-order valence-electron chi connectivity index (χ3n) is 12.7. The lowest BCUT2D eigenvalue weighted by Crippen LogP contribution is -2.00. The molecule has 3 aromatic heterocycles. The van der Waals surface area contributed by atoms with E-state index in [1.54, 1.807) is 0 Å². The van der Waals surface area contributed by atoms with Crippen LogP contribution in [0.25, 0.3) is 133 Å². The Kier molecular flexibility index (Phi) is 8.78. The molecule has 0 N–H and O–H groups in total. The molecule has 0 fully saturated rings. The average Bonchev–Trinajstić information content (AvgIpc) is 3.96. The summed E-state index contributed by atoms with van der Waals surface area (Å²) >= 11 is 0. The largest absolute Gasteiger partial charge is 0.456 e. The zero-order valence-electron chi connectivity index (χ0n) is 35.5. The van der Waals surface area contributed by atoms with E-state index in [0.717, 1.165) is 116 Å². The van der Waals surface area contributed by atoms with Gasteiger partial charge in [-0.3, -0.25) is 0 Å². The molecule has 5 heteroatoms. The predicted octanol–water partition coefficient (Wildman–Crippen LogP) is 16.5. The van der Waals surface area contributed by atoms with E-state index in [1.807, 2.05) is 48.5 Å². The van der Waals surface area contributed by atoms with Crippen molar-refractivity contribution >= 4 is 54.6 Å². The molecule has 0 aliphatic heterocycles. The maximum Gasteiger partial charge on any atom is 0.164 e. The van der Waals surface area contributed by atoms with Gasteiger partial charge in [-0.15, -0.1) is 0 Å². The molecule has 0 saturated heterocycles. The van der Waals surface area contributed by atoms with Gasteiger partial charge in [-0.2, -0.15) is 0 Å². The summed E-state index contributed by atoms with van der Waals surface area (Å²) in [6.45, 7) is 0. The predicted molar refractivity (Wildman–Crippen MR) is 270 cm³/mol. The van der Waals surface area contributed by atoms with Gasteiger partial charge in [-0.1, -0.05) is 164 Å². The first-order valence-electron chi connectivity index (χ1n) is 22.2. The summed E-state index contributed by atoms with van der Waals surface area (Å²) in [4.78, 5) is 15.6. The summed E-state index contributed by atoms with van der Waals surface area (Å²) in [7, 11) is 0. The fraction of sp³-hybridized carbons (Fsp3) is 0. The summed E-state index contributed by atoms with van der Waals surface area (Å²) in [5.74, 6) is 1.76. The minimum Gasteiger partial charge on any atom is -0.456 e. The molecule has 0 aliphatic carbocycles. The Morgan fingerprint density at radius 2 is 0.742 bits per heavy atom. The Bertz CT molecular complexity index is 3970. The van der Waals surface area contributed by atoms with Crippen molar-refractivity contribution in [1.82, 2.24) is 15.0 Å². The summed E-state index contributed by atoms with van der Waals surface area (Å²) in [6.07, 6.45) is 0. The number of rotatable bonds is 7. The van der Waals surface area contributed by atoms with Crippen molar-refractivity contribution in [2.24, 2.45) is 0 Å². The Balaban J connectivity index is 0.954. The molecule has 0 amide bonds. The van der Waals surface area contributed by atoms with Crippen LogP contribution in [0.4, 0.5) is 0 Å². The summed E-state index contributed by atoms with van der Waals surface area (Å²) in [5.41, 5.74) is 14.8. The number of hydrogen-bond acceptors (Lipinski definition) is 5. The highest BCUT2D eigenvalue weighted by molar-refractivity contribution is 6.18. The SMILES string of the molecule is c1ccc(-c2cc(-c3ccc(-c4nc(-c5ccccc5)nc(-c5ccc(-c6ccccc6)c6oc7cc8ccccc8cc7c56)n4)cc3)cc(-c3ccc4c(c3)oc3ccccc34)c2)cc1. The summed E-state index contributed by atoms with van der Waals surface area (Å²) < 4.78 is 13.1. The second-order valence-corrected chi connectivity index (χ2v) is 16.8. The molecular weight excluding hydrogens is 807 g/mol. The zero-order valence-corrected chi connectivity index (χ0v) is 35.5. The highest BCUT2D eigenvalue weighted by atomic mass is 16.3. The lowest BCUT2D eigenvalue weighted by atomic mass is 9.92.